The highest BCUT2D eigenvalue weighted by Gasteiger charge is 2.50. The first-order valence-corrected chi connectivity index (χ1v) is 8.38. The fraction of sp³-hybridized carbons (Fsp3) is 0.500. The van der Waals surface area contributed by atoms with E-state index in [-0.39, 0.29) is 11.0 Å². The molecule has 0 spiro atoms. The number of fused-ring (bicyclic) bond motifs is 3. The van der Waals surface area contributed by atoms with E-state index < -0.39 is 11.5 Å². The molecule has 24 heavy (non-hydrogen) atoms. The average Bonchev–Trinajstić information content (AvgIpc) is 2.61. The summed E-state index contributed by atoms with van der Waals surface area (Å²) in [7, 11) is 1.60. The number of rotatable bonds is 3. The Balaban J connectivity index is 1.51. The second-order valence-corrected chi connectivity index (χ2v) is 6.64. The Morgan fingerprint density at radius 3 is 2.50 bits per heavy atom. The van der Waals surface area contributed by atoms with Crippen LogP contribution in [-0.4, -0.2) is 53.4 Å². The maximum Gasteiger partial charge on any atom is 0.271 e. The van der Waals surface area contributed by atoms with Gasteiger partial charge in [-0.05, 0) is 62.4 Å². The van der Waals surface area contributed by atoms with Crippen LogP contribution in [0.2, 0.25) is 0 Å². The first kappa shape index (κ1) is 16.9. The number of hydrogen-bond acceptors (Lipinski definition) is 5. The van der Waals surface area contributed by atoms with Gasteiger partial charge in [0.2, 0.25) is 0 Å². The van der Waals surface area contributed by atoms with Crippen LogP contribution in [0.15, 0.2) is 24.3 Å². The Hall–Kier alpha value is -1.90. The normalized spacial score (nSPS) is 28.1. The highest BCUT2D eigenvalue weighted by Crippen LogP contribution is 2.35. The predicted octanol–water partition coefficient (Wildman–Crippen LogP) is 0.469. The predicted molar refractivity (Wildman–Crippen MR) is 94.6 cm³/mol. The van der Waals surface area contributed by atoms with Crippen LogP contribution in [-0.2, 0) is 4.79 Å². The fourth-order valence-electron chi connectivity index (χ4n) is 3.35. The molecule has 2 bridgehead atoms. The lowest BCUT2D eigenvalue weighted by Crippen LogP contribution is -2.67. The first-order valence-electron chi connectivity index (χ1n) is 7.97. The molecule has 8 heteroatoms. The molecule has 1 aromatic carbocycles. The number of benzene rings is 1. The molecule has 4 rings (SSSR count). The van der Waals surface area contributed by atoms with Crippen molar-refractivity contribution in [2.45, 2.75) is 18.4 Å². The lowest BCUT2D eigenvalue weighted by molar-refractivity contribution is -0.162. The monoisotopic (exact) mass is 350 g/mol. The zero-order valence-electron chi connectivity index (χ0n) is 13.5. The number of methoxy groups -OCH3 is 1. The Morgan fingerprint density at radius 1 is 1.29 bits per heavy atom. The van der Waals surface area contributed by atoms with Gasteiger partial charge in [-0.3, -0.25) is 20.5 Å². The number of anilines is 1. The summed E-state index contributed by atoms with van der Waals surface area (Å²) >= 11 is 5.16. The van der Waals surface area contributed by atoms with Gasteiger partial charge in [0.05, 0.1) is 7.11 Å². The van der Waals surface area contributed by atoms with Crippen LogP contribution in [0.1, 0.15) is 12.8 Å². The summed E-state index contributed by atoms with van der Waals surface area (Å²) in [6, 6.07) is 7.24. The molecule has 4 N–H and O–H groups in total. The zero-order valence-corrected chi connectivity index (χ0v) is 14.4. The third-order valence-electron chi connectivity index (χ3n) is 4.76. The molecule has 7 nitrogen and oxygen atoms in total. The van der Waals surface area contributed by atoms with E-state index in [1.165, 1.54) is 0 Å². The van der Waals surface area contributed by atoms with Crippen molar-refractivity contribution in [3.8, 4) is 5.75 Å². The zero-order chi connectivity index (χ0) is 17.2. The maximum absolute atomic E-state index is 12.4. The minimum Gasteiger partial charge on any atom is -0.497 e. The van der Waals surface area contributed by atoms with Gasteiger partial charge < -0.3 is 15.2 Å². The summed E-state index contributed by atoms with van der Waals surface area (Å²) in [5.74, 6) is 0.320. The Morgan fingerprint density at radius 2 is 1.96 bits per heavy atom. The van der Waals surface area contributed by atoms with Gasteiger partial charge in [-0.1, -0.05) is 0 Å². The van der Waals surface area contributed by atoms with E-state index in [1.54, 1.807) is 19.2 Å². The summed E-state index contributed by atoms with van der Waals surface area (Å²) in [5, 5.41) is 13.9. The third-order valence-corrected chi connectivity index (χ3v) is 4.96. The van der Waals surface area contributed by atoms with Crippen LogP contribution in [0.5, 0.6) is 5.75 Å². The standard InChI is InChI=1S/C16H22N4O3S/c1-23-13-4-2-12(3-5-13)17-15(24)19-18-14(21)16(22)10-20-8-6-11(16)7-9-20/h2-5,11,22H,6-10H2,1H3,(H,18,21)(H2,17,19,24)/t16-/m1/s1. The molecule has 130 valence electrons. The fourth-order valence-corrected chi connectivity index (χ4v) is 3.52. The molecule has 0 unspecified atom stereocenters. The van der Waals surface area contributed by atoms with E-state index in [2.05, 4.69) is 21.1 Å². The average molecular weight is 350 g/mol. The molecule has 3 fully saturated rings. The second-order valence-electron chi connectivity index (χ2n) is 6.24. The number of ether oxygens (including phenoxy) is 1. The van der Waals surface area contributed by atoms with E-state index >= 15 is 0 Å². The number of hydrazine groups is 1. The number of aliphatic hydroxyl groups is 1. The SMILES string of the molecule is COc1ccc(NC(=S)NNC(=O)[C@@]2(O)CN3CCC2CC3)cc1. The maximum atomic E-state index is 12.4. The van der Waals surface area contributed by atoms with Crippen LogP contribution in [0.3, 0.4) is 0 Å². The van der Waals surface area contributed by atoms with Crippen molar-refractivity contribution in [1.29, 1.82) is 0 Å². The number of nitrogens with zero attached hydrogens (tertiary/aromatic N) is 1. The van der Waals surface area contributed by atoms with Crippen molar-refractivity contribution in [2.75, 3.05) is 32.1 Å². The topological polar surface area (TPSA) is 85.9 Å². The molecule has 0 aliphatic carbocycles. The van der Waals surface area contributed by atoms with E-state index in [1.807, 2.05) is 12.1 Å². The summed E-state index contributed by atoms with van der Waals surface area (Å²) in [5.41, 5.74) is 4.60. The number of amides is 1. The smallest absolute Gasteiger partial charge is 0.271 e. The van der Waals surface area contributed by atoms with Gasteiger partial charge in [-0.25, -0.2) is 0 Å². The summed E-state index contributed by atoms with van der Waals surface area (Å²) in [6.07, 6.45) is 1.69. The molecule has 3 saturated heterocycles. The van der Waals surface area contributed by atoms with Gasteiger partial charge in [0, 0.05) is 18.2 Å². The molecule has 0 aromatic heterocycles. The molecule has 3 aliphatic rings. The highest BCUT2D eigenvalue weighted by molar-refractivity contribution is 7.80. The molecular weight excluding hydrogens is 328 g/mol. The van der Waals surface area contributed by atoms with E-state index in [4.69, 9.17) is 17.0 Å². The van der Waals surface area contributed by atoms with E-state index in [9.17, 15) is 9.90 Å². The molecule has 1 atom stereocenters. The van der Waals surface area contributed by atoms with Crippen molar-refractivity contribution < 1.29 is 14.6 Å². The number of thiocarbonyl (C=S) groups is 1. The summed E-state index contributed by atoms with van der Waals surface area (Å²) in [6.45, 7) is 2.28. The minimum atomic E-state index is -1.35. The van der Waals surface area contributed by atoms with Crippen molar-refractivity contribution in [1.82, 2.24) is 15.8 Å². The van der Waals surface area contributed by atoms with E-state index in [0.717, 1.165) is 37.4 Å². The molecule has 0 radical (unpaired) electrons. The number of carbonyl (C=O) groups excluding carboxylic acids is 1. The van der Waals surface area contributed by atoms with Crippen LogP contribution in [0.25, 0.3) is 0 Å². The van der Waals surface area contributed by atoms with Gasteiger partial charge >= 0.3 is 0 Å². The third kappa shape index (κ3) is 3.45. The van der Waals surface area contributed by atoms with Gasteiger partial charge in [-0.15, -0.1) is 0 Å². The van der Waals surface area contributed by atoms with Gasteiger partial charge in [-0.2, -0.15) is 0 Å². The summed E-state index contributed by atoms with van der Waals surface area (Å²) in [4.78, 5) is 14.5. The Kier molecular flexibility index (Phi) is 4.88. The van der Waals surface area contributed by atoms with Crippen molar-refractivity contribution in [3.63, 3.8) is 0 Å². The van der Waals surface area contributed by atoms with Gasteiger partial charge in [0.15, 0.2) is 10.7 Å². The van der Waals surface area contributed by atoms with Crippen molar-refractivity contribution in [2.24, 2.45) is 5.92 Å². The number of hydrogen-bond donors (Lipinski definition) is 4. The molecule has 0 saturated carbocycles. The number of nitrogens with one attached hydrogen (secondary N) is 3. The minimum absolute atomic E-state index is 0.00687. The number of carbonyl (C=O) groups is 1. The van der Waals surface area contributed by atoms with E-state index in [0.29, 0.717) is 6.54 Å². The molecule has 1 aromatic rings. The van der Waals surface area contributed by atoms with Crippen LogP contribution < -0.4 is 20.9 Å². The van der Waals surface area contributed by atoms with Gasteiger partial charge in [0.25, 0.3) is 5.91 Å². The van der Waals surface area contributed by atoms with Crippen molar-refractivity contribution in [3.05, 3.63) is 24.3 Å². The van der Waals surface area contributed by atoms with Crippen LogP contribution >= 0.6 is 12.2 Å². The molecule has 1 amide bonds. The number of piperidine rings is 3. The van der Waals surface area contributed by atoms with Crippen LogP contribution in [0.4, 0.5) is 5.69 Å². The van der Waals surface area contributed by atoms with Gasteiger partial charge in [0.1, 0.15) is 5.75 Å². The molecule has 3 aliphatic heterocycles. The molecular formula is C16H22N4O3S. The lowest BCUT2D eigenvalue weighted by Gasteiger charge is -2.49. The summed E-state index contributed by atoms with van der Waals surface area (Å²) < 4.78 is 5.09. The highest BCUT2D eigenvalue weighted by atomic mass is 32.1. The van der Waals surface area contributed by atoms with Crippen LogP contribution in [0, 0.1) is 5.92 Å². The second kappa shape index (κ2) is 6.92. The van der Waals surface area contributed by atoms with Crippen molar-refractivity contribution >= 4 is 28.9 Å². The quantitative estimate of drug-likeness (QED) is 0.466. The first-order chi connectivity index (χ1) is 11.5. The molecule has 3 heterocycles. The Bertz CT molecular complexity index is 616. The Labute approximate surface area is 146 Å². The largest absolute Gasteiger partial charge is 0.497 e. The lowest BCUT2D eigenvalue weighted by atomic mass is 9.75.